The molecule has 0 saturated heterocycles. The molecule has 0 saturated carbocycles. The minimum Gasteiger partial charge on any atom is -0.480 e. The summed E-state index contributed by atoms with van der Waals surface area (Å²) < 4.78 is 0. The van der Waals surface area contributed by atoms with Gasteiger partial charge in [-0.15, -0.1) is 0 Å². The first-order valence-corrected chi connectivity index (χ1v) is 4.98. The number of amides is 2. The molecule has 0 heterocycles. The number of thiol groups is 1. The summed E-state index contributed by atoms with van der Waals surface area (Å²) in [6, 6.07) is 0. The maximum Gasteiger partial charge on any atom is 0.323 e. The van der Waals surface area contributed by atoms with Crippen molar-refractivity contribution in [2.75, 3.05) is 26.4 Å². The van der Waals surface area contributed by atoms with Gasteiger partial charge in [-0.3, -0.25) is 14.4 Å². The Morgan fingerprint density at radius 1 is 1.33 bits per heavy atom. The van der Waals surface area contributed by atoms with E-state index < -0.39 is 11.9 Å². The van der Waals surface area contributed by atoms with Crippen molar-refractivity contribution in [2.24, 2.45) is 0 Å². The fourth-order valence-corrected chi connectivity index (χ4v) is 0.626. The molecule has 88 valence electrons. The van der Waals surface area contributed by atoms with Crippen molar-refractivity contribution in [1.29, 1.82) is 0 Å². The zero-order valence-corrected chi connectivity index (χ0v) is 9.88. The lowest BCUT2D eigenvalue weighted by Crippen LogP contribution is -2.39. The Balaban J connectivity index is 0. The van der Waals surface area contributed by atoms with Gasteiger partial charge in [-0.2, -0.15) is 12.6 Å². The number of carboxylic acid groups (broad SMARTS) is 1. The lowest BCUT2D eigenvalue weighted by Gasteiger charge is -2.14. The van der Waals surface area contributed by atoms with Gasteiger partial charge in [0, 0.05) is 14.0 Å². The van der Waals surface area contributed by atoms with Gasteiger partial charge in [-0.05, 0) is 6.26 Å². The molecule has 0 rings (SSSR count). The van der Waals surface area contributed by atoms with Crippen LogP contribution in [0.1, 0.15) is 6.92 Å². The zero-order chi connectivity index (χ0) is 12.4. The molecule has 2 N–H and O–H groups in total. The molecule has 7 heteroatoms. The molecule has 0 aromatic carbocycles. The second kappa shape index (κ2) is 9.32. The molecule has 2 amide bonds. The molecule has 15 heavy (non-hydrogen) atoms. The molecule has 0 spiro atoms. The molecule has 0 radical (unpaired) electrons. The van der Waals surface area contributed by atoms with E-state index >= 15 is 0 Å². The first-order chi connectivity index (χ1) is 6.93. The number of carbonyl (C=O) groups excluding carboxylic acids is 2. The largest absolute Gasteiger partial charge is 0.480 e. The summed E-state index contributed by atoms with van der Waals surface area (Å²) in [5.74, 6) is -1.84. The van der Waals surface area contributed by atoms with Crippen LogP contribution in [0.3, 0.4) is 0 Å². The van der Waals surface area contributed by atoms with Crippen LogP contribution >= 0.6 is 12.6 Å². The predicted octanol–water partition coefficient (Wildman–Crippen LogP) is -0.788. The first kappa shape index (κ1) is 16.2. The van der Waals surface area contributed by atoms with Gasteiger partial charge in [-0.25, -0.2) is 0 Å². The Hall–Kier alpha value is -1.24. The third kappa shape index (κ3) is 10.7. The smallest absolute Gasteiger partial charge is 0.323 e. The lowest BCUT2D eigenvalue weighted by molar-refractivity contribution is -0.143. The third-order valence-corrected chi connectivity index (χ3v) is 1.29. The summed E-state index contributed by atoms with van der Waals surface area (Å²) in [5.41, 5.74) is 0. The predicted molar refractivity (Wildman–Crippen MR) is 58.9 cm³/mol. The van der Waals surface area contributed by atoms with Crippen molar-refractivity contribution in [3.63, 3.8) is 0 Å². The van der Waals surface area contributed by atoms with E-state index in [1.54, 1.807) is 6.26 Å². The highest BCUT2D eigenvalue weighted by atomic mass is 32.1. The summed E-state index contributed by atoms with van der Waals surface area (Å²) in [7, 11) is 1.36. The van der Waals surface area contributed by atoms with Gasteiger partial charge < -0.3 is 15.3 Å². The van der Waals surface area contributed by atoms with Crippen molar-refractivity contribution in [3.8, 4) is 0 Å². The molecule has 0 aromatic rings. The van der Waals surface area contributed by atoms with Gasteiger partial charge in [0.25, 0.3) is 0 Å². The number of likely N-dealkylation sites (N-methyl/N-ethyl adjacent to an activating group) is 1. The maximum absolute atomic E-state index is 11.0. The van der Waals surface area contributed by atoms with Gasteiger partial charge in [-0.1, -0.05) is 0 Å². The number of carboxylic acids is 1. The Labute approximate surface area is 94.0 Å². The van der Waals surface area contributed by atoms with E-state index in [0.717, 1.165) is 4.90 Å². The normalized spacial score (nSPS) is 8.27. The Morgan fingerprint density at radius 2 is 1.80 bits per heavy atom. The van der Waals surface area contributed by atoms with Gasteiger partial charge in [0.05, 0.1) is 6.54 Å². The van der Waals surface area contributed by atoms with Crippen LogP contribution in [0.4, 0.5) is 0 Å². The van der Waals surface area contributed by atoms with E-state index in [1.165, 1.54) is 14.0 Å². The van der Waals surface area contributed by atoms with Crippen molar-refractivity contribution >= 4 is 30.4 Å². The van der Waals surface area contributed by atoms with Crippen molar-refractivity contribution in [1.82, 2.24) is 10.2 Å². The van der Waals surface area contributed by atoms with Crippen LogP contribution in [0.2, 0.25) is 0 Å². The average Bonchev–Trinajstić information content (AvgIpc) is 2.16. The summed E-state index contributed by atoms with van der Waals surface area (Å²) in [6.45, 7) is 0.752. The summed E-state index contributed by atoms with van der Waals surface area (Å²) >= 11 is 3.53. The molecule has 0 aliphatic carbocycles. The Kier molecular flexibility index (Phi) is 10.1. The zero-order valence-electron chi connectivity index (χ0n) is 8.98. The summed E-state index contributed by atoms with van der Waals surface area (Å²) in [5, 5.41) is 10.6. The maximum atomic E-state index is 11.0. The molecule has 0 bridgehead atoms. The molecular formula is C8H16N2O4S. The number of carbonyl (C=O) groups is 3. The number of hydrogen-bond acceptors (Lipinski definition) is 4. The highest BCUT2D eigenvalue weighted by molar-refractivity contribution is 7.79. The number of aliphatic carboxylic acids is 1. The lowest BCUT2D eigenvalue weighted by atomic mass is 10.4. The number of nitrogens with zero attached hydrogens (tertiary/aromatic N) is 1. The van der Waals surface area contributed by atoms with Crippen LogP contribution in [0.25, 0.3) is 0 Å². The van der Waals surface area contributed by atoms with E-state index in [2.05, 4.69) is 17.9 Å². The molecule has 0 aromatic heterocycles. The van der Waals surface area contributed by atoms with Gasteiger partial charge in [0.2, 0.25) is 11.8 Å². The third-order valence-electron chi connectivity index (χ3n) is 1.29. The van der Waals surface area contributed by atoms with E-state index in [-0.39, 0.29) is 19.0 Å². The van der Waals surface area contributed by atoms with E-state index in [9.17, 15) is 14.4 Å². The van der Waals surface area contributed by atoms with Crippen LogP contribution in [0.15, 0.2) is 0 Å². The van der Waals surface area contributed by atoms with Crippen LogP contribution < -0.4 is 5.32 Å². The fourth-order valence-electron chi connectivity index (χ4n) is 0.626. The second-order valence-corrected chi connectivity index (χ2v) is 2.55. The second-order valence-electron chi connectivity index (χ2n) is 2.55. The van der Waals surface area contributed by atoms with Gasteiger partial charge >= 0.3 is 5.97 Å². The molecule has 0 aliphatic rings. The Morgan fingerprint density at radius 3 is 2.13 bits per heavy atom. The number of rotatable bonds is 4. The van der Waals surface area contributed by atoms with Crippen molar-refractivity contribution in [2.45, 2.75) is 6.92 Å². The van der Waals surface area contributed by atoms with Gasteiger partial charge in [0.1, 0.15) is 6.54 Å². The van der Waals surface area contributed by atoms with Gasteiger partial charge in [0.15, 0.2) is 0 Å². The molecule has 0 atom stereocenters. The van der Waals surface area contributed by atoms with E-state index in [4.69, 9.17) is 5.11 Å². The molecular weight excluding hydrogens is 220 g/mol. The van der Waals surface area contributed by atoms with E-state index in [0.29, 0.717) is 0 Å². The SMILES string of the molecule is CC(=O)NCC(=O)N(C)CC(=O)O.CS. The highest BCUT2D eigenvalue weighted by Gasteiger charge is 2.11. The van der Waals surface area contributed by atoms with Crippen LogP contribution in [-0.2, 0) is 14.4 Å². The van der Waals surface area contributed by atoms with Crippen LogP contribution in [0.5, 0.6) is 0 Å². The molecule has 6 nitrogen and oxygen atoms in total. The molecule has 0 fully saturated rings. The van der Waals surface area contributed by atoms with Crippen molar-refractivity contribution in [3.05, 3.63) is 0 Å². The highest BCUT2D eigenvalue weighted by Crippen LogP contribution is 1.83. The van der Waals surface area contributed by atoms with Crippen molar-refractivity contribution < 1.29 is 19.5 Å². The van der Waals surface area contributed by atoms with E-state index in [1.807, 2.05) is 0 Å². The summed E-state index contributed by atoms with van der Waals surface area (Å²) in [4.78, 5) is 32.6. The monoisotopic (exact) mass is 236 g/mol. The van der Waals surface area contributed by atoms with Crippen LogP contribution in [-0.4, -0.2) is 54.2 Å². The number of hydrogen-bond donors (Lipinski definition) is 3. The minimum absolute atomic E-state index is 0.168. The summed E-state index contributed by atoms with van der Waals surface area (Å²) in [6.07, 6.45) is 1.69. The Bertz CT molecular complexity index is 233. The standard InChI is InChI=1S/C7H12N2O4.CH4S/c1-5(10)8-3-6(11)9(2)4-7(12)13;1-2/h3-4H2,1-2H3,(H,8,10)(H,12,13);2H,1H3. The minimum atomic E-state index is -1.08. The number of nitrogens with one attached hydrogen (secondary N) is 1. The quantitative estimate of drug-likeness (QED) is 0.558. The van der Waals surface area contributed by atoms with Crippen LogP contribution in [0, 0.1) is 0 Å². The molecule has 0 unspecified atom stereocenters. The topological polar surface area (TPSA) is 86.7 Å². The average molecular weight is 236 g/mol. The molecule has 0 aliphatic heterocycles. The fraction of sp³-hybridized carbons (Fsp3) is 0.625. The first-order valence-electron chi connectivity index (χ1n) is 4.08.